The highest BCUT2D eigenvalue weighted by Crippen LogP contribution is 2.23. The molecule has 20 heavy (non-hydrogen) atoms. The Morgan fingerprint density at radius 3 is 2.25 bits per heavy atom. The maximum absolute atomic E-state index is 11.7. The summed E-state index contributed by atoms with van der Waals surface area (Å²) in [6, 6.07) is 0. The average molecular weight is 303 g/mol. The Morgan fingerprint density at radius 2 is 1.80 bits per heavy atom. The van der Waals surface area contributed by atoms with Crippen LogP contribution >= 0.6 is 11.8 Å². The number of hydrogen-bond acceptors (Lipinski definition) is 3. The lowest BCUT2D eigenvalue weighted by molar-refractivity contribution is -0.137. The highest BCUT2D eigenvalue weighted by molar-refractivity contribution is 8.01. The molecule has 0 aliphatic heterocycles. The second kappa shape index (κ2) is 9.27. The summed E-state index contributed by atoms with van der Waals surface area (Å²) in [6.45, 7) is 11.1. The van der Waals surface area contributed by atoms with Crippen LogP contribution in [-0.4, -0.2) is 34.0 Å². The Kier molecular flexibility index (Phi) is 8.94. The molecule has 0 heterocycles. The molecule has 1 unspecified atom stereocenters. The second-order valence-corrected chi connectivity index (χ2v) is 8.28. The minimum atomic E-state index is -0.749. The van der Waals surface area contributed by atoms with Crippen LogP contribution in [0, 0.1) is 11.8 Å². The van der Waals surface area contributed by atoms with Gasteiger partial charge in [-0.3, -0.25) is 9.59 Å². The highest BCUT2D eigenvalue weighted by atomic mass is 32.2. The van der Waals surface area contributed by atoms with Crippen molar-refractivity contribution in [3.63, 3.8) is 0 Å². The molecule has 0 saturated carbocycles. The van der Waals surface area contributed by atoms with Crippen molar-refractivity contribution >= 4 is 23.6 Å². The maximum atomic E-state index is 11.7. The van der Waals surface area contributed by atoms with Crippen molar-refractivity contribution in [3.8, 4) is 0 Å². The first kappa shape index (κ1) is 19.3. The van der Waals surface area contributed by atoms with Crippen LogP contribution in [0.15, 0.2) is 0 Å². The Labute approximate surface area is 127 Å². The summed E-state index contributed by atoms with van der Waals surface area (Å²) in [4.78, 5) is 22.3. The molecule has 0 aromatic carbocycles. The summed E-state index contributed by atoms with van der Waals surface area (Å²) in [6.07, 6.45) is 1.73. The van der Waals surface area contributed by atoms with E-state index in [-0.39, 0.29) is 17.1 Å². The van der Waals surface area contributed by atoms with Crippen molar-refractivity contribution in [1.82, 2.24) is 5.32 Å². The number of rotatable bonds is 9. The van der Waals surface area contributed by atoms with Gasteiger partial charge < -0.3 is 10.4 Å². The largest absolute Gasteiger partial charge is 0.481 e. The zero-order valence-corrected chi connectivity index (χ0v) is 14.2. The van der Waals surface area contributed by atoms with Crippen LogP contribution in [0.3, 0.4) is 0 Å². The van der Waals surface area contributed by atoms with Gasteiger partial charge in [0, 0.05) is 17.7 Å². The Morgan fingerprint density at radius 1 is 1.20 bits per heavy atom. The minimum absolute atomic E-state index is 0.0608. The van der Waals surface area contributed by atoms with Gasteiger partial charge in [0.15, 0.2) is 0 Å². The van der Waals surface area contributed by atoms with Crippen LogP contribution < -0.4 is 5.32 Å². The first-order valence-corrected chi connectivity index (χ1v) is 8.23. The predicted molar refractivity (Wildman–Crippen MR) is 85.0 cm³/mol. The van der Waals surface area contributed by atoms with Crippen LogP contribution in [-0.2, 0) is 9.59 Å². The van der Waals surface area contributed by atoms with Gasteiger partial charge in [-0.1, -0.05) is 34.6 Å². The third-order valence-corrected chi connectivity index (χ3v) is 4.42. The molecule has 0 fully saturated rings. The van der Waals surface area contributed by atoms with Crippen molar-refractivity contribution in [2.24, 2.45) is 11.8 Å². The average Bonchev–Trinajstić information content (AvgIpc) is 2.29. The maximum Gasteiger partial charge on any atom is 0.303 e. The summed E-state index contributed by atoms with van der Waals surface area (Å²) < 4.78 is 0.0965. The van der Waals surface area contributed by atoms with Gasteiger partial charge in [0.2, 0.25) is 5.91 Å². The van der Waals surface area contributed by atoms with Gasteiger partial charge >= 0.3 is 5.97 Å². The lowest BCUT2D eigenvalue weighted by Crippen LogP contribution is -2.29. The summed E-state index contributed by atoms with van der Waals surface area (Å²) in [7, 11) is 0. The number of nitrogens with one attached hydrogen (secondary N) is 1. The van der Waals surface area contributed by atoms with E-state index in [1.807, 2.05) is 0 Å². The van der Waals surface area contributed by atoms with E-state index in [9.17, 15) is 9.59 Å². The van der Waals surface area contributed by atoms with E-state index in [0.29, 0.717) is 30.6 Å². The Bertz CT molecular complexity index is 311. The molecule has 5 heteroatoms. The van der Waals surface area contributed by atoms with Crippen LogP contribution in [0.4, 0.5) is 0 Å². The second-order valence-electron chi connectivity index (χ2n) is 6.48. The number of carboxylic acids is 1. The van der Waals surface area contributed by atoms with Gasteiger partial charge in [-0.2, -0.15) is 0 Å². The normalized spacial score (nSPS) is 13.3. The number of carboxylic acid groups (broad SMARTS) is 1. The van der Waals surface area contributed by atoms with E-state index in [2.05, 4.69) is 39.9 Å². The Hall–Kier alpha value is -0.710. The summed E-state index contributed by atoms with van der Waals surface area (Å²) in [5.74, 6) is 0.578. The molecule has 1 amide bonds. The SMILES string of the molecule is CC(C)C(CCNC(=O)CSC(C)(C)C)CCC(=O)O. The van der Waals surface area contributed by atoms with E-state index < -0.39 is 5.97 Å². The van der Waals surface area contributed by atoms with E-state index >= 15 is 0 Å². The molecule has 0 bridgehead atoms. The lowest BCUT2D eigenvalue weighted by atomic mass is 9.88. The molecule has 0 rings (SSSR count). The molecular weight excluding hydrogens is 274 g/mol. The van der Waals surface area contributed by atoms with Crippen molar-refractivity contribution in [3.05, 3.63) is 0 Å². The fourth-order valence-corrected chi connectivity index (χ4v) is 2.52. The number of carbonyl (C=O) groups excluding carboxylic acids is 1. The number of carbonyl (C=O) groups is 2. The first-order valence-electron chi connectivity index (χ1n) is 7.24. The molecule has 0 aliphatic carbocycles. The molecule has 0 saturated heterocycles. The third-order valence-electron chi connectivity index (χ3n) is 3.15. The van der Waals surface area contributed by atoms with Crippen LogP contribution in [0.1, 0.15) is 53.9 Å². The molecule has 0 spiro atoms. The van der Waals surface area contributed by atoms with Crippen molar-refractivity contribution < 1.29 is 14.7 Å². The fraction of sp³-hybridized carbons (Fsp3) is 0.867. The highest BCUT2D eigenvalue weighted by Gasteiger charge is 2.16. The summed E-state index contributed by atoms with van der Waals surface area (Å²) in [5.41, 5.74) is 0. The van der Waals surface area contributed by atoms with Crippen molar-refractivity contribution in [2.45, 2.75) is 58.6 Å². The first-order chi connectivity index (χ1) is 9.11. The molecule has 4 nitrogen and oxygen atoms in total. The van der Waals surface area contributed by atoms with E-state index in [0.717, 1.165) is 6.42 Å². The van der Waals surface area contributed by atoms with E-state index in [4.69, 9.17) is 5.11 Å². The summed E-state index contributed by atoms with van der Waals surface area (Å²) in [5, 5.41) is 11.7. The monoisotopic (exact) mass is 303 g/mol. The van der Waals surface area contributed by atoms with Gasteiger partial charge in [-0.25, -0.2) is 0 Å². The van der Waals surface area contributed by atoms with Gasteiger partial charge in [0.25, 0.3) is 0 Å². The van der Waals surface area contributed by atoms with Crippen LogP contribution in [0.25, 0.3) is 0 Å². The molecule has 2 N–H and O–H groups in total. The van der Waals surface area contributed by atoms with Crippen molar-refractivity contribution in [2.75, 3.05) is 12.3 Å². The number of aliphatic carboxylic acids is 1. The number of thioether (sulfide) groups is 1. The fourth-order valence-electron chi connectivity index (χ4n) is 1.85. The quantitative estimate of drug-likeness (QED) is 0.686. The van der Waals surface area contributed by atoms with Crippen molar-refractivity contribution in [1.29, 1.82) is 0 Å². The van der Waals surface area contributed by atoms with Gasteiger partial charge in [-0.05, 0) is 24.7 Å². The molecule has 0 radical (unpaired) electrons. The van der Waals surface area contributed by atoms with Gasteiger partial charge in [-0.15, -0.1) is 11.8 Å². The van der Waals surface area contributed by atoms with E-state index in [1.54, 1.807) is 11.8 Å². The van der Waals surface area contributed by atoms with Gasteiger partial charge in [0.05, 0.1) is 5.75 Å². The Balaban J connectivity index is 3.93. The molecule has 0 aromatic rings. The minimum Gasteiger partial charge on any atom is -0.481 e. The number of amides is 1. The lowest BCUT2D eigenvalue weighted by Gasteiger charge is -2.21. The van der Waals surface area contributed by atoms with Gasteiger partial charge in [0.1, 0.15) is 0 Å². The zero-order valence-electron chi connectivity index (χ0n) is 13.4. The van der Waals surface area contributed by atoms with Crippen LogP contribution in [0.5, 0.6) is 0 Å². The zero-order chi connectivity index (χ0) is 15.8. The molecule has 0 aliphatic rings. The molecule has 118 valence electrons. The standard InChI is InChI=1S/C15H29NO3S/c1-11(2)12(6-7-14(18)19)8-9-16-13(17)10-20-15(3,4)5/h11-12H,6-10H2,1-5H3,(H,16,17)(H,18,19). The van der Waals surface area contributed by atoms with Crippen LogP contribution in [0.2, 0.25) is 0 Å². The molecular formula is C15H29NO3S. The predicted octanol–water partition coefficient (Wildman–Crippen LogP) is 3.16. The molecule has 1 atom stereocenters. The number of hydrogen-bond donors (Lipinski definition) is 2. The summed E-state index contributed by atoms with van der Waals surface area (Å²) >= 11 is 1.63. The molecule has 0 aromatic heterocycles. The van der Waals surface area contributed by atoms with E-state index in [1.165, 1.54) is 0 Å². The smallest absolute Gasteiger partial charge is 0.303 e. The topological polar surface area (TPSA) is 66.4 Å². The third kappa shape index (κ3) is 11.1.